The molecule has 0 saturated heterocycles. The fourth-order valence-electron chi connectivity index (χ4n) is 0.158. The van der Waals surface area contributed by atoms with Crippen molar-refractivity contribution in [2.75, 3.05) is 4.43 Å². The Morgan fingerprint density at radius 2 is 2.33 bits per heavy atom. The standard InChI is InChI=1S/C4H9IO/c1-4(6)2-3-5/h4,6H,2-3H2,1H3/t4-/m1/s1. The summed E-state index contributed by atoms with van der Waals surface area (Å²) < 4.78 is 1.05. The van der Waals surface area contributed by atoms with Crippen LogP contribution in [0.2, 0.25) is 0 Å². The topological polar surface area (TPSA) is 20.2 Å². The minimum Gasteiger partial charge on any atom is -0.393 e. The summed E-state index contributed by atoms with van der Waals surface area (Å²) in [5.74, 6) is 0. The van der Waals surface area contributed by atoms with Crippen molar-refractivity contribution in [2.24, 2.45) is 0 Å². The second kappa shape index (κ2) is 3.87. The van der Waals surface area contributed by atoms with Crippen molar-refractivity contribution in [2.45, 2.75) is 19.4 Å². The van der Waals surface area contributed by atoms with E-state index in [-0.39, 0.29) is 6.10 Å². The van der Waals surface area contributed by atoms with Crippen LogP contribution in [0.25, 0.3) is 0 Å². The Hall–Kier alpha value is 0.690. The molecule has 0 aliphatic rings. The van der Waals surface area contributed by atoms with E-state index in [4.69, 9.17) is 5.11 Å². The fourth-order valence-corrected chi connectivity index (χ4v) is 1.06. The Morgan fingerprint density at radius 1 is 1.83 bits per heavy atom. The van der Waals surface area contributed by atoms with Crippen molar-refractivity contribution in [3.05, 3.63) is 0 Å². The molecule has 2 heteroatoms. The first kappa shape index (κ1) is 6.69. The van der Waals surface area contributed by atoms with Crippen LogP contribution in [0.3, 0.4) is 0 Å². The van der Waals surface area contributed by atoms with Crippen molar-refractivity contribution in [1.29, 1.82) is 0 Å². The molecular weight excluding hydrogens is 191 g/mol. The van der Waals surface area contributed by atoms with Gasteiger partial charge in [-0.1, -0.05) is 22.6 Å². The maximum atomic E-state index is 8.55. The molecule has 1 N–H and O–H groups in total. The van der Waals surface area contributed by atoms with Crippen molar-refractivity contribution < 1.29 is 5.11 Å². The van der Waals surface area contributed by atoms with Gasteiger partial charge in [-0.2, -0.15) is 0 Å². The molecule has 0 aliphatic carbocycles. The molecule has 1 nitrogen and oxygen atoms in total. The number of hydrogen-bond acceptors (Lipinski definition) is 1. The average Bonchev–Trinajstić information content (AvgIpc) is 1.35. The molecule has 0 radical (unpaired) electrons. The van der Waals surface area contributed by atoms with E-state index >= 15 is 0 Å². The van der Waals surface area contributed by atoms with Crippen molar-refractivity contribution in [1.82, 2.24) is 0 Å². The van der Waals surface area contributed by atoms with Crippen molar-refractivity contribution >= 4 is 22.6 Å². The molecule has 38 valence electrons. The van der Waals surface area contributed by atoms with Gasteiger partial charge in [-0.05, 0) is 13.3 Å². The second-order valence-electron chi connectivity index (χ2n) is 1.33. The average molecular weight is 200 g/mol. The van der Waals surface area contributed by atoms with E-state index < -0.39 is 0 Å². The van der Waals surface area contributed by atoms with Gasteiger partial charge < -0.3 is 5.11 Å². The molecule has 0 saturated carbocycles. The molecule has 0 bridgehead atoms. The third-order valence-electron chi connectivity index (χ3n) is 0.527. The lowest BCUT2D eigenvalue weighted by Crippen LogP contribution is -1.97. The molecule has 0 rings (SSSR count). The van der Waals surface area contributed by atoms with Crippen LogP contribution in [-0.4, -0.2) is 15.6 Å². The first-order valence-electron chi connectivity index (χ1n) is 2.01. The number of halogens is 1. The molecule has 0 aromatic heterocycles. The van der Waals surface area contributed by atoms with Crippen molar-refractivity contribution in [3.63, 3.8) is 0 Å². The highest BCUT2D eigenvalue weighted by molar-refractivity contribution is 14.1. The van der Waals surface area contributed by atoms with E-state index in [1.165, 1.54) is 0 Å². The van der Waals surface area contributed by atoms with Crippen molar-refractivity contribution in [3.8, 4) is 0 Å². The summed E-state index contributed by atoms with van der Waals surface area (Å²) in [7, 11) is 0. The smallest absolute Gasteiger partial charge is 0.0519 e. The Morgan fingerprint density at radius 3 is 2.33 bits per heavy atom. The maximum absolute atomic E-state index is 8.55. The SMILES string of the molecule is C[C@@H](O)CCI. The predicted octanol–water partition coefficient (Wildman–Crippen LogP) is 1.19. The largest absolute Gasteiger partial charge is 0.393 e. The molecular formula is C4H9IO. The van der Waals surface area contributed by atoms with Gasteiger partial charge in [0.1, 0.15) is 0 Å². The zero-order valence-electron chi connectivity index (χ0n) is 3.82. The second-order valence-corrected chi connectivity index (χ2v) is 2.41. The van der Waals surface area contributed by atoms with Gasteiger partial charge in [0.15, 0.2) is 0 Å². The highest BCUT2D eigenvalue weighted by Gasteiger charge is 1.88. The van der Waals surface area contributed by atoms with Crippen LogP contribution in [0.1, 0.15) is 13.3 Å². The molecule has 0 aromatic rings. The summed E-state index contributed by atoms with van der Waals surface area (Å²) >= 11 is 2.24. The lowest BCUT2D eigenvalue weighted by molar-refractivity contribution is 0.193. The number of aliphatic hydroxyl groups excluding tert-OH is 1. The van der Waals surface area contributed by atoms with Crippen LogP contribution in [0.5, 0.6) is 0 Å². The lowest BCUT2D eigenvalue weighted by Gasteiger charge is -1.94. The maximum Gasteiger partial charge on any atom is 0.0519 e. The zero-order chi connectivity index (χ0) is 4.99. The summed E-state index contributed by atoms with van der Waals surface area (Å²) in [4.78, 5) is 0. The van der Waals surface area contributed by atoms with Crippen LogP contribution in [0.4, 0.5) is 0 Å². The number of hydrogen-bond donors (Lipinski definition) is 1. The van der Waals surface area contributed by atoms with Gasteiger partial charge in [0, 0.05) is 4.43 Å². The van der Waals surface area contributed by atoms with E-state index in [1.54, 1.807) is 6.92 Å². The molecule has 0 unspecified atom stereocenters. The minimum absolute atomic E-state index is 0.109. The van der Waals surface area contributed by atoms with Crippen LogP contribution < -0.4 is 0 Å². The minimum atomic E-state index is -0.109. The zero-order valence-corrected chi connectivity index (χ0v) is 5.97. The highest BCUT2D eigenvalue weighted by atomic mass is 127. The number of alkyl halides is 1. The van der Waals surface area contributed by atoms with Gasteiger partial charge in [0.05, 0.1) is 6.10 Å². The molecule has 0 aliphatic heterocycles. The van der Waals surface area contributed by atoms with Crippen LogP contribution in [-0.2, 0) is 0 Å². The number of aliphatic hydroxyl groups is 1. The van der Waals surface area contributed by atoms with Crippen LogP contribution in [0, 0.1) is 0 Å². The van der Waals surface area contributed by atoms with Gasteiger partial charge in [-0.25, -0.2) is 0 Å². The van der Waals surface area contributed by atoms with Gasteiger partial charge in [0.25, 0.3) is 0 Å². The van der Waals surface area contributed by atoms with E-state index in [2.05, 4.69) is 22.6 Å². The van der Waals surface area contributed by atoms with Gasteiger partial charge in [0.2, 0.25) is 0 Å². The molecule has 6 heavy (non-hydrogen) atoms. The molecule has 1 atom stereocenters. The van der Waals surface area contributed by atoms with Crippen LogP contribution >= 0.6 is 22.6 Å². The molecule has 0 heterocycles. The Bertz CT molecular complexity index is 28.7. The van der Waals surface area contributed by atoms with E-state index in [9.17, 15) is 0 Å². The third-order valence-corrected chi connectivity index (χ3v) is 1.15. The molecule has 0 aromatic carbocycles. The predicted molar refractivity (Wildman–Crippen MR) is 35.2 cm³/mol. The Kier molecular flexibility index (Phi) is 4.31. The monoisotopic (exact) mass is 200 g/mol. The summed E-state index contributed by atoms with van der Waals surface area (Å²) in [6, 6.07) is 0. The fraction of sp³-hybridized carbons (Fsp3) is 1.00. The van der Waals surface area contributed by atoms with Gasteiger partial charge >= 0.3 is 0 Å². The summed E-state index contributed by atoms with van der Waals surface area (Å²) in [6.45, 7) is 1.80. The first-order chi connectivity index (χ1) is 2.77. The third kappa shape index (κ3) is 4.69. The summed E-state index contributed by atoms with van der Waals surface area (Å²) in [5, 5.41) is 8.55. The van der Waals surface area contributed by atoms with E-state index in [1.807, 2.05) is 0 Å². The normalized spacial score (nSPS) is 14.5. The van der Waals surface area contributed by atoms with Crippen LogP contribution in [0.15, 0.2) is 0 Å². The molecule has 0 fully saturated rings. The summed E-state index contributed by atoms with van der Waals surface area (Å²) in [6.07, 6.45) is 0.808. The first-order valence-corrected chi connectivity index (χ1v) is 3.54. The van der Waals surface area contributed by atoms with E-state index in [0.29, 0.717) is 0 Å². The molecule has 0 spiro atoms. The van der Waals surface area contributed by atoms with Gasteiger partial charge in [-0.3, -0.25) is 0 Å². The Balaban J connectivity index is 2.63. The highest BCUT2D eigenvalue weighted by Crippen LogP contribution is 1.92. The van der Waals surface area contributed by atoms with Gasteiger partial charge in [-0.15, -0.1) is 0 Å². The summed E-state index contributed by atoms with van der Waals surface area (Å²) in [5.41, 5.74) is 0. The Labute approximate surface area is 51.9 Å². The molecule has 0 amide bonds. The number of rotatable bonds is 2. The van der Waals surface area contributed by atoms with E-state index in [0.717, 1.165) is 10.8 Å². The quantitative estimate of drug-likeness (QED) is 0.524. The lowest BCUT2D eigenvalue weighted by atomic mass is 10.3.